The smallest absolute Gasteiger partial charge is 0.337 e. The highest BCUT2D eigenvalue weighted by molar-refractivity contribution is 6.10. The Bertz CT molecular complexity index is 728. The highest BCUT2D eigenvalue weighted by Crippen LogP contribution is 2.20. The molecule has 0 radical (unpaired) electrons. The molecule has 0 bridgehead atoms. The quantitative estimate of drug-likeness (QED) is 0.582. The van der Waals surface area contributed by atoms with E-state index >= 15 is 0 Å². The van der Waals surface area contributed by atoms with Crippen LogP contribution < -0.4 is 10.6 Å². The number of carbonyl (C=O) groups excluding carboxylic acids is 1. The molecule has 5 nitrogen and oxygen atoms in total. The molecule has 2 aromatic carbocycles. The Morgan fingerprint density at radius 1 is 0.880 bits per heavy atom. The van der Waals surface area contributed by atoms with Crippen LogP contribution in [-0.2, 0) is 0 Å². The summed E-state index contributed by atoms with van der Waals surface area (Å²) >= 11 is 0. The van der Waals surface area contributed by atoms with E-state index in [9.17, 15) is 14.7 Å². The van der Waals surface area contributed by atoms with Crippen molar-refractivity contribution in [3.63, 3.8) is 0 Å². The first-order valence-electron chi connectivity index (χ1n) is 8.60. The van der Waals surface area contributed by atoms with Crippen LogP contribution in [0.5, 0.6) is 0 Å². The van der Waals surface area contributed by atoms with Gasteiger partial charge >= 0.3 is 5.97 Å². The van der Waals surface area contributed by atoms with E-state index in [-0.39, 0.29) is 17.2 Å². The Labute approximate surface area is 148 Å². The van der Waals surface area contributed by atoms with Gasteiger partial charge in [-0.05, 0) is 30.7 Å². The zero-order valence-electron chi connectivity index (χ0n) is 14.4. The van der Waals surface area contributed by atoms with Crippen LogP contribution in [0, 0.1) is 0 Å². The first-order chi connectivity index (χ1) is 12.1. The summed E-state index contributed by atoms with van der Waals surface area (Å²) in [5.74, 6) is -1.40. The Morgan fingerprint density at radius 2 is 1.52 bits per heavy atom. The number of carbonyl (C=O) groups is 2. The van der Waals surface area contributed by atoms with Gasteiger partial charge in [-0.15, -0.1) is 0 Å². The monoisotopic (exact) mass is 340 g/mol. The van der Waals surface area contributed by atoms with Crippen LogP contribution in [0.4, 0.5) is 11.4 Å². The van der Waals surface area contributed by atoms with Crippen LogP contribution in [0.2, 0.25) is 0 Å². The zero-order chi connectivity index (χ0) is 18.1. The zero-order valence-corrected chi connectivity index (χ0v) is 14.4. The van der Waals surface area contributed by atoms with Crippen LogP contribution in [0.1, 0.15) is 53.3 Å². The fourth-order valence-electron chi connectivity index (χ4n) is 2.58. The van der Waals surface area contributed by atoms with Gasteiger partial charge in [-0.3, -0.25) is 4.79 Å². The lowest BCUT2D eigenvalue weighted by molar-refractivity contribution is 0.0698. The predicted molar refractivity (Wildman–Crippen MR) is 100 cm³/mol. The number of carboxylic acid groups (broad SMARTS) is 1. The van der Waals surface area contributed by atoms with Crippen molar-refractivity contribution in [2.75, 3.05) is 17.2 Å². The maximum Gasteiger partial charge on any atom is 0.337 e. The van der Waals surface area contributed by atoms with E-state index in [0.717, 1.165) is 25.1 Å². The summed E-state index contributed by atoms with van der Waals surface area (Å²) in [6, 6.07) is 13.6. The molecular formula is C20H24N2O3. The van der Waals surface area contributed by atoms with Gasteiger partial charge < -0.3 is 15.7 Å². The summed E-state index contributed by atoms with van der Waals surface area (Å²) < 4.78 is 0. The number of hydrogen-bond acceptors (Lipinski definition) is 3. The minimum atomic E-state index is -1.07. The second-order valence-electron chi connectivity index (χ2n) is 5.84. The summed E-state index contributed by atoms with van der Waals surface area (Å²) in [5, 5.41) is 15.2. The third kappa shape index (κ3) is 5.35. The molecule has 0 saturated carbocycles. The van der Waals surface area contributed by atoms with Crippen LogP contribution in [0.15, 0.2) is 48.5 Å². The van der Waals surface area contributed by atoms with Gasteiger partial charge in [-0.2, -0.15) is 0 Å². The summed E-state index contributed by atoms with van der Waals surface area (Å²) in [5.41, 5.74) is 1.61. The van der Waals surface area contributed by atoms with Crippen molar-refractivity contribution >= 4 is 23.3 Å². The normalized spacial score (nSPS) is 10.3. The van der Waals surface area contributed by atoms with Crippen molar-refractivity contribution in [3.8, 4) is 0 Å². The lowest BCUT2D eigenvalue weighted by atomic mass is 10.1. The minimum Gasteiger partial charge on any atom is -0.478 e. The number of aromatic carboxylic acids is 1. The molecule has 3 N–H and O–H groups in total. The van der Waals surface area contributed by atoms with Gasteiger partial charge in [0.15, 0.2) is 0 Å². The standard InChI is InChI=1S/C20H24N2O3/c1-2-3-4-9-14-21-17-12-7-5-10-15(17)19(23)22-18-13-8-6-11-16(18)20(24)25/h5-8,10-13,21H,2-4,9,14H2,1H3,(H,22,23)(H,24,25). The van der Waals surface area contributed by atoms with Crippen molar-refractivity contribution in [1.82, 2.24) is 0 Å². The van der Waals surface area contributed by atoms with Crippen molar-refractivity contribution in [2.45, 2.75) is 32.6 Å². The van der Waals surface area contributed by atoms with Gasteiger partial charge in [0.2, 0.25) is 0 Å². The molecule has 5 heteroatoms. The fourth-order valence-corrected chi connectivity index (χ4v) is 2.58. The topological polar surface area (TPSA) is 78.4 Å². The molecule has 0 atom stereocenters. The number of benzene rings is 2. The minimum absolute atomic E-state index is 0.0702. The third-order valence-electron chi connectivity index (χ3n) is 3.92. The van der Waals surface area contributed by atoms with E-state index in [0.29, 0.717) is 5.56 Å². The molecule has 0 fully saturated rings. The number of anilines is 2. The van der Waals surface area contributed by atoms with E-state index in [4.69, 9.17) is 0 Å². The average molecular weight is 340 g/mol. The first-order valence-corrected chi connectivity index (χ1v) is 8.60. The van der Waals surface area contributed by atoms with E-state index in [1.807, 2.05) is 12.1 Å². The van der Waals surface area contributed by atoms with Crippen molar-refractivity contribution < 1.29 is 14.7 Å². The molecule has 0 saturated heterocycles. The molecule has 2 aromatic rings. The first kappa shape index (κ1) is 18.5. The van der Waals surface area contributed by atoms with Crippen LogP contribution in [0.3, 0.4) is 0 Å². The number of nitrogens with one attached hydrogen (secondary N) is 2. The van der Waals surface area contributed by atoms with E-state index in [1.54, 1.807) is 30.3 Å². The van der Waals surface area contributed by atoms with Crippen LogP contribution in [-0.4, -0.2) is 23.5 Å². The van der Waals surface area contributed by atoms with E-state index < -0.39 is 5.97 Å². The predicted octanol–water partition coefficient (Wildman–Crippen LogP) is 4.63. The molecule has 0 unspecified atom stereocenters. The van der Waals surface area contributed by atoms with Gasteiger partial charge in [0.1, 0.15) is 0 Å². The summed E-state index contributed by atoms with van der Waals surface area (Å²) in [6.07, 6.45) is 4.59. The molecule has 0 heterocycles. The van der Waals surface area contributed by atoms with Crippen molar-refractivity contribution in [3.05, 3.63) is 59.7 Å². The van der Waals surface area contributed by atoms with Gasteiger partial charge in [-0.25, -0.2) is 4.79 Å². The largest absolute Gasteiger partial charge is 0.478 e. The fraction of sp³-hybridized carbons (Fsp3) is 0.300. The Kier molecular flexibility index (Phi) is 7.01. The SMILES string of the molecule is CCCCCCNc1ccccc1C(=O)Nc1ccccc1C(=O)O. The third-order valence-corrected chi connectivity index (χ3v) is 3.92. The molecule has 1 amide bonds. The summed E-state index contributed by atoms with van der Waals surface area (Å²) in [7, 11) is 0. The van der Waals surface area contributed by atoms with Gasteiger partial charge in [0, 0.05) is 12.2 Å². The maximum atomic E-state index is 12.6. The maximum absolute atomic E-state index is 12.6. The lowest BCUT2D eigenvalue weighted by Crippen LogP contribution is -2.17. The average Bonchev–Trinajstić information content (AvgIpc) is 2.62. The van der Waals surface area contributed by atoms with Crippen molar-refractivity contribution in [1.29, 1.82) is 0 Å². The number of para-hydroxylation sites is 2. The Hall–Kier alpha value is -2.82. The number of hydrogen-bond donors (Lipinski definition) is 3. The molecule has 0 aromatic heterocycles. The highest BCUT2D eigenvalue weighted by atomic mass is 16.4. The molecule has 2 rings (SSSR count). The molecule has 0 spiro atoms. The van der Waals surface area contributed by atoms with Gasteiger partial charge in [-0.1, -0.05) is 50.5 Å². The molecular weight excluding hydrogens is 316 g/mol. The van der Waals surface area contributed by atoms with Crippen LogP contribution >= 0.6 is 0 Å². The van der Waals surface area contributed by atoms with Crippen molar-refractivity contribution in [2.24, 2.45) is 0 Å². The molecule has 0 aliphatic rings. The second-order valence-corrected chi connectivity index (χ2v) is 5.84. The number of amides is 1. The van der Waals surface area contributed by atoms with E-state index in [2.05, 4.69) is 17.6 Å². The lowest BCUT2D eigenvalue weighted by Gasteiger charge is -2.13. The number of rotatable bonds is 9. The molecule has 0 aliphatic heterocycles. The molecule has 132 valence electrons. The second kappa shape index (κ2) is 9.47. The van der Waals surface area contributed by atoms with Gasteiger partial charge in [0.25, 0.3) is 5.91 Å². The summed E-state index contributed by atoms with van der Waals surface area (Å²) in [6.45, 7) is 2.97. The van der Waals surface area contributed by atoms with Gasteiger partial charge in [0.05, 0.1) is 16.8 Å². The highest BCUT2D eigenvalue weighted by Gasteiger charge is 2.15. The Morgan fingerprint density at radius 3 is 2.20 bits per heavy atom. The number of carboxylic acids is 1. The Balaban J connectivity index is 2.08. The summed E-state index contributed by atoms with van der Waals surface area (Å²) in [4.78, 5) is 23.9. The molecule has 25 heavy (non-hydrogen) atoms. The van der Waals surface area contributed by atoms with E-state index in [1.165, 1.54) is 18.9 Å². The van der Waals surface area contributed by atoms with Crippen LogP contribution in [0.25, 0.3) is 0 Å². The number of unbranched alkanes of at least 4 members (excludes halogenated alkanes) is 3. The molecule has 0 aliphatic carbocycles.